The Balaban J connectivity index is 0.00000192. The first kappa shape index (κ1) is 17.5. The number of fused-ring (bicyclic) bond motifs is 2. The molecule has 1 aromatic carbocycles. The summed E-state index contributed by atoms with van der Waals surface area (Å²) in [7, 11) is 5.98. The largest absolute Gasteiger partial charge is 0.338 e. The summed E-state index contributed by atoms with van der Waals surface area (Å²) in [5, 5.41) is 5.07. The summed E-state index contributed by atoms with van der Waals surface area (Å²) in [6.07, 6.45) is 2.83. The molecular formula is C17H23ClN4O. The number of hydrogen-bond acceptors (Lipinski definition) is 3. The first-order valence-electron chi connectivity index (χ1n) is 7.58. The molecule has 0 saturated carbocycles. The van der Waals surface area contributed by atoms with Crippen LogP contribution in [0.3, 0.4) is 0 Å². The minimum Gasteiger partial charge on any atom is -0.338 e. The van der Waals surface area contributed by atoms with Crippen molar-refractivity contribution in [2.24, 2.45) is 7.05 Å². The minimum atomic E-state index is 0. The number of rotatable bonds is 4. The summed E-state index contributed by atoms with van der Waals surface area (Å²) in [4.78, 5) is 14.9. The van der Waals surface area contributed by atoms with Gasteiger partial charge in [0.25, 0.3) is 0 Å². The van der Waals surface area contributed by atoms with E-state index < -0.39 is 0 Å². The van der Waals surface area contributed by atoms with Crippen molar-refractivity contribution in [2.75, 3.05) is 20.6 Å². The molecule has 3 rings (SSSR count). The molecule has 0 spiro atoms. The molecule has 0 fully saturated rings. The third kappa shape index (κ3) is 3.12. The molecule has 3 aromatic rings. The molecule has 0 atom stereocenters. The van der Waals surface area contributed by atoms with Gasteiger partial charge < -0.3 is 9.47 Å². The van der Waals surface area contributed by atoms with Crippen LogP contribution in [0.1, 0.15) is 12.0 Å². The Bertz CT molecular complexity index is 895. The second-order valence-corrected chi connectivity index (χ2v) is 6.16. The number of aromatic nitrogens is 3. The van der Waals surface area contributed by atoms with Crippen molar-refractivity contribution >= 4 is 34.3 Å². The van der Waals surface area contributed by atoms with E-state index in [2.05, 4.69) is 34.7 Å². The summed E-state index contributed by atoms with van der Waals surface area (Å²) in [6.45, 7) is 3.91. The minimum absolute atomic E-state index is 0. The molecule has 0 unspecified atom stereocenters. The van der Waals surface area contributed by atoms with Crippen LogP contribution in [0, 0.1) is 6.92 Å². The molecule has 2 aromatic heterocycles. The van der Waals surface area contributed by atoms with E-state index in [-0.39, 0.29) is 17.8 Å². The average Bonchev–Trinajstić information content (AvgIpc) is 2.84. The first-order chi connectivity index (χ1) is 10.5. The SMILES string of the molecule is Cc1ccc2c(c1)c(=O)c1c(cnn1C)n2CCCN(C)C.Cl. The smallest absolute Gasteiger partial charge is 0.215 e. The molecule has 0 saturated heterocycles. The van der Waals surface area contributed by atoms with Gasteiger partial charge in [0.15, 0.2) is 0 Å². The monoisotopic (exact) mass is 334 g/mol. The van der Waals surface area contributed by atoms with Crippen LogP contribution in [0.25, 0.3) is 21.9 Å². The molecule has 0 aliphatic heterocycles. The lowest BCUT2D eigenvalue weighted by molar-refractivity contribution is 0.389. The second-order valence-electron chi connectivity index (χ2n) is 6.16. The van der Waals surface area contributed by atoms with Crippen molar-refractivity contribution < 1.29 is 0 Å². The van der Waals surface area contributed by atoms with Gasteiger partial charge in [0.2, 0.25) is 5.43 Å². The molecule has 0 bridgehead atoms. The van der Waals surface area contributed by atoms with E-state index in [0.29, 0.717) is 5.52 Å². The number of hydrogen-bond donors (Lipinski definition) is 0. The molecule has 0 N–H and O–H groups in total. The van der Waals surface area contributed by atoms with Gasteiger partial charge in [0.1, 0.15) is 5.52 Å². The Labute approximate surface area is 141 Å². The van der Waals surface area contributed by atoms with Crippen LogP contribution < -0.4 is 5.43 Å². The molecule has 0 aliphatic carbocycles. The fourth-order valence-corrected chi connectivity index (χ4v) is 3.00. The Morgan fingerprint density at radius 1 is 1.22 bits per heavy atom. The zero-order valence-electron chi connectivity index (χ0n) is 14.0. The van der Waals surface area contributed by atoms with Crippen molar-refractivity contribution in [3.8, 4) is 0 Å². The van der Waals surface area contributed by atoms with Gasteiger partial charge in [-0.25, -0.2) is 0 Å². The van der Waals surface area contributed by atoms with Crippen LogP contribution >= 0.6 is 12.4 Å². The molecule has 0 radical (unpaired) electrons. The number of benzene rings is 1. The van der Waals surface area contributed by atoms with E-state index in [1.165, 1.54) is 0 Å². The standard InChI is InChI=1S/C17H22N4O.ClH/c1-12-6-7-14-13(10-12)17(22)16-15(11-18-20(16)4)21(14)9-5-8-19(2)3;/h6-7,10-11H,5,8-9H2,1-4H3;1H. The van der Waals surface area contributed by atoms with Crippen molar-refractivity contribution in [1.29, 1.82) is 0 Å². The molecule has 124 valence electrons. The number of nitrogens with zero attached hydrogens (tertiary/aromatic N) is 4. The van der Waals surface area contributed by atoms with Crippen molar-refractivity contribution in [2.45, 2.75) is 19.9 Å². The van der Waals surface area contributed by atoms with Crippen LogP contribution in [0.2, 0.25) is 0 Å². The summed E-state index contributed by atoms with van der Waals surface area (Å²) in [5.41, 5.74) is 3.77. The second kappa shape index (κ2) is 6.72. The van der Waals surface area contributed by atoms with Gasteiger partial charge in [-0.05, 0) is 46.1 Å². The van der Waals surface area contributed by atoms with Crippen molar-refractivity contribution in [3.63, 3.8) is 0 Å². The van der Waals surface area contributed by atoms with Crippen molar-refractivity contribution in [1.82, 2.24) is 19.2 Å². The zero-order valence-corrected chi connectivity index (χ0v) is 14.9. The van der Waals surface area contributed by atoms with Crippen LogP contribution in [0.5, 0.6) is 0 Å². The van der Waals surface area contributed by atoms with Gasteiger partial charge in [0, 0.05) is 19.0 Å². The maximum Gasteiger partial charge on any atom is 0.215 e. The Morgan fingerprint density at radius 2 is 1.96 bits per heavy atom. The zero-order chi connectivity index (χ0) is 15.9. The van der Waals surface area contributed by atoms with Gasteiger partial charge in [-0.2, -0.15) is 5.10 Å². The highest BCUT2D eigenvalue weighted by molar-refractivity contribution is 5.92. The van der Waals surface area contributed by atoms with Crippen LogP contribution in [0.15, 0.2) is 29.2 Å². The van der Waals surface area contributed by atoms with Crippen molar-refractivity contribution in [3.05, 3.63) is 40.2 Å². The average molecular weight is 335 g/mol. The Kier molecular flexibility index (Phi) is 5.12. The summed E-state index contributed by atoms with van der Waals surface area (Å²) >= 11 is 0. The summed E-state index contributed by atoms with van der Waals surface area (Å²) in [6, 6.07) is 6.09. The number of pyridine rings is 1. The maximum atomic E-state index is 12.8. The maximum absolute atomic E-state index is 12.8. The lowest BCUT2D eigenvalue weighted by Gasteiger charge is -2.15. The number of halogens is 1. The number of aryl methyl sites for hydroxylation is 3. The van der Waals surface area contributed by atoms with Gasteiger partial charge in [-0.3, -0.25) is 9.48 Å². The lowest BCUT2D eigenvalue weighted by atomic mass is 10.1. The highest BCUT2D eigenvalue weighted by Gasteiger charge is 2.14. The van der Waals surface area contributed by atoms with Crippen LogP contribution in [-0.2, 0) is 13.6 Å². The van der Waals surface area contributed by atoms with E-state index >= 15 is 0 Å². The van der Waals surface area contributed by atoms with Crippen LogP contribution in [-0.4, -0.2) is 39.9 Å². The molecule has 23 heavy (non-hydrogen) atoms. The topological polar surface area (TPSA) is 43.1 Å². The van der Waals surface area contributed by atoms with Gasteiger partial charge in [-0.15, -0.1) is 12.4 Å². The Hall–Kier alpha value is -1.85. The fraction of sp³-hybridized carbons (Fsp3) is 0.412. The third-order valence-electron chi connectivity index (χ3n) is 4.10. The normalized spacial score (nSPS) is 11.3. The molecule has 6 heteroatoms. The van der Waals surface area contributed by atoms with E-state index in [4.69, 9.17) is 0 Å². The highest BCUT2D eigenvalue weighted by Crippen LogP contribution is 2.20. The molecule has 0 aliphatic rings. The molecular weight excluding hydrogens is 312 g/mol. The van der Waals surface area contributed by atoms with Crippen LogP contribution in [0.4, 0.5) is 0 Å². The van der Waals surface area contributed by atoms with E-state index in [1.807, 2.05) is 26.1 Å². The summed E-state index contributed by atoms with van der Waals surface area (Å²) < 4.78 is 3.91. The molecule has 2 heterocycles. The quantitative estimate of drug-likeness (QED) is 0.736. The third-order valence-corrected chi connectivity index (χ3v) is 4.10. The van der Waals surface area contributed by atoms with Gasteiger partial charge in [0.05, 0.1) is 17.2 Å². The van der Waals surface area contributed by atoms with Gasteiger partial charge in [-0.1, -0.05) is 11.6 Å². The highest BCUT2D eigenvalue weighted by atomic mass is 35.5. The summed E-state index contributed by atoms with van der Waals surface area (Å²) in [5.74, 6) is 0. The van der Waals surface area contributed by atoms with Gasteiger partial charge >= 0.3 is 0 Å². The predicted octanol–water partition coefficient (Wildman–Crippen LogP) is 2.57. The Morgan fingerprint density at radius 3 is 2.65 bits per heavy atom. The van der Waals surface area contributed by atoms with E-state index in [9.17, 15) is 4.79 Å². The fourth-order valence-electron chi connectivity index (χ4n) is 3.00. The molecule has 5 nitrogen and oxygen atoms in total. The predicted molar refractivity (Wildman–Crippen MR) is 97.6 cm³/mol. The first-order valence-corrected chi connectivity index (χ1v) is 7.58. The molecule has 0 amide bonds. The lowest BCUT2D eigenvalue weighted by Crippen LogP contribution is -2.17. The van der Waals surface area contributed by atoms with E-state index in [1.54, 1.807) is 10.9 Å². The van der Waals surface area contributed by atoms with E-state index in [0.717, 1.165) is 41.5 Å².